The fourth-order valence-corrected chi connectivity index (χ4v) is 11.4. The SMILES string of the molecule is Cc1c(Cl)c2c(Cl)c(C)c1-c1c(-c3ccc(F)cc3)sc3ncnc(c13)O[C@@H](C(=O)O)Cc1cc(ccc1OCc1ccnc(N3CCC4(CC3)CC(F)(F)CO4)n1)OC[C@@H](CN1CCN(C)CC1)O2. The second-order valence-corrected chi connectivity index (χ2v) is 20.2. The fourth-order valence-electron chi connectivity index (χ4n) is 9.75. The lowest BCUT2D eigenvalue weighted by atomic mass is 9.88. The Morgan fingerprint density at radius 3 is 2.39 bits per heavy atom. The molecule has 5 aliphatic rings. The van der Waals surface area contributed by atoms with E-state index in [4.69, 9.17) is 51.9 Å². The quantitative estimate of drug-likeness (QED) is 0.155. The van der Waals surface area contributed by atoms with E-state index >= 15 is 0 Å². The number of carbonyl (C=O) groups is 1. The number of fused-ring (bicyclic) bond motifs is 7. The highest BCUT2D eigenvalue weighted by Crippen LogP contribution is 2.53. The standard InChI is InChI=1S/C50H50Cl2F3N7O7S/c1-28-38-29(2)42(52)43(41(28)51)68-35(22-61-18-16-60(3)17-19-61)24-65-34-8-9-36(66-23-33-10-13-56-48(59-33)62-14-11-49(12-15-62)25-50(54,55)26-67-49)31(20-34)21-37(47(63)64)69-45-40-39(38)44(70-46(40)58-27-57-45)30-4-6-32(53)7-5-30/h4-10,13,20,27,35,37H,11-12,14-19,21-26H2,1-3H3,(H,63,64)/t35-,37-/m1/s1. The predicted octanol–water partition coefficient (Wildman–Crippen LogP) is 9.31. The highest BCUT2D eigenvalue weighted by Gasteiger charge is 2.52. The smallest absolute Gasteiger partial charge is 0.345 e. The Balaban J connectivity index is 1.02. The highest BCUT2D eigenvalue weighted by atomic mass is 35.5. The van der Waals surface area contributed by atoms with Gasteiger partial charge < -0.3 is 38.6 Å². The van der Waals surface area contributed by atoms with E-state index in [-0.39, 0.29) is 42.0 Å². The van der Waals surface area contributed by atoms with Crippen LogP contribution in [-0.4, -0.2) is 131 Å². The van der Waals surface area contributed by atoms with Crippen LogP contribution >= 0.6 is 34.5 Å². The molecule has 20 heteroatoms. The Morgan fingerprint density at radius 2 is 1.69 bits per heavy atom. The van der Waals surface area contributed by atoms with Crippen LogP contribution in [0.15, 0.2) is 61.1 Å². The summed E-state index contributed by atoms with van der Waals surface area (Å²) in [7, 11) is 2.09. The Hall–Kier alpha value is -5.50. The average molecular weight is 1020 g/mol. The summed E-state index contributed by atoms with van der Waals surface area (Å²) in [6.45, 7) is 8.02. The number of anilines is 1. The normalized spacial score (nSPS) is 20.5. The average Bonchev–Trinajstić information content (AvgIpc) is 3.88. The van der Waals surface area contributed by atoms with Gasteiger partial charge in [-0.2, -0.15) is 0 Å². The van der Waals surface area contributed by atoms with Crippen LogP contribution < -0.4 is 23.8 Å². The number of aliphatic carboxylic acids is 1. The summed E-state index contributed by atoms with van der Waals surface area (Å²) in [5, 5.41) is 11.9. The molecule has 70 heavy (non-hydrogen) atoms. The molecule has 5 aliphatic heterocycles. The molecule has 3 aromatic carbocycles. The van der Waals surface area contributed by atoms with Crippen molar-refractivity contribution in [3.8, 4) is 44.7 Å². The Labute approximate surface area is 416 Å². The van der Waals surface area contributed by atoms with E-state index in [1.807, 2.05) is 18.7 Å². The van der Waals surface area contributed by atoms with Gasteiger partial charge in [0.15, 0.2) is 5.75 Å². The van der Waals surface area contributed by atoms with Gasteiger partial charge in [-0.15, -0.1) is 11.3 Å². The number of halogens is 5. The molecule has 2 atom stereocenters. The number of carboxylic acid groups (broad SMARTS) is 1. The minimum absolute atomic E-state index is 0.000155. The molecule has 0 saturated carbocycles. The van der Waals surface area contributed by atoms with Gasteiger partial charge in [-0.05, 0) is 92.4 Å². The van der Waals surface area contributed by atoms with Crippen molar-refractivity contribution in [3.63, 3.8) is 0 Å². The Morgan fingerprint density at radius 1 is 0.943 bits per heavy atom. The first-order valence-corrected chi connectivity index (χ1v) is 24.7. The maximum Gasteiger partial charge on any atom is 0.345 e. The third-order valence-corrected chi connectivity index (χ3v) is 15.6. The molecular formula is C50H50Cl2F3N7O7S. The lowest BCUT2D eigenvalue weighted by Gasteiger charge is -2.38. The number of carboxylic acids is 1. The summed E-state index contributed by atoms with van der Waals surface area (Å²) >= 11 is 16.0. The number of likely N-dealkylation sites (N-methyl/N-ethyl adjacent to an activating group) is 1. The molecule has 11 rings (SSSR count). The molecule has 3 saturated heterocycles. The summed E-state index contributed by atoms with van der Waals surface area (Å²) in [6, 6.07) is 13.0. The maximum absolute atomic E-state index is 14.4. The first kappa shape index (κ1) is 48.1. The van der Waals surface area contributed by atoms with Crippen molar-refractivity contribution >= 4 is 56.7 Å². The highest BCUT2D eigenvalue weighted by molar-refractivity contribution is 7.22. The van der Waals surface area contributed by atoms with E-state index in [9.17, 15) is 23.1 Å². The van der Waals surface area contributed by atoms with Crippen molar-refractivity contribution in [1.82, 2.24) is 29.7 Å². The first-order chi connectivity index (χ1) is 33.6. The van der Waals surface area contributed by atoms with Crippen LogP contribution in [-0.2, 0) is 22.6 Å². The molecule has 1 N–H and O–H groups in total. The number of piperazine rings is 1. The van der Waals surface area contributed by atoms with Gasteiger partial charge in [-0.25, -0.2) is 37.9 Å². The van der Waals surface area contributed by atoms with E-state index < -0.39 is 42.1 Å². The van der Waals surface area contributed by atoms with Crippen LogP contribution in [0.3, 0.4) is 0 Å². The van der Waals surface area contributed by atoms with Crippen LogP contribution in [0.1, 0.15) is 41.6 Å². The van der Waals surface area contributed by atoms with Crippen molar-refractivity contribution in [2.45, 2.75) is 69.9 Å². The van der Waals surface area contributed by atoms with E-state index in [1.54, 1.807) is 42.6 Å². The second kappa shape index (κ2) is 19.6. The second-order valence-electron chi connectivity index (χ2n) is 18.5. The molecular weight excluding hydrogens is 971 g/mol. The van der Waals surface area contributed by atoms with Crippen LogP contribution in [0.2, 0.25) is 10.0 Å². The number of benzene rings is 3. The van der Waals surface area contributed by atoms with E-state index in [0.717, 1.165) is 26.2 Å². The monoisotopic (exact) mass is 1020 g/mol. The number of nitrogens with zero attached hydrogens (tertiary/aromatic N) is 7. The third kappa shape index (κ3) is 9.90. The summed E-state index contributed by atoms with van der Waals surface area (Å²) in [5.41, 5.74) is 3.33. The zero-order chi connectivity index (χ0) is 48.9. The molecule has 0 unspecified atom stereocenters. The number of hydrogen-bond donors (Lipinski definition) is 1. The van der Waals surface area contributed by atoms with Crippen LogP contribution in [0.5, 0.6) is 23.1 Å². The molecule has 0 radical (unpaired) electrons. The zero-order valence-corrected chi connectivity index (χ0v) is 41.0. The predicted molar refractivity (Wildman–Crippen MR) is 260 cm³/mol. The molecule has 3 fully saturated rings. The topological polar surface area (TPSA) is 145 Å². The van der Waals surface area contributed by atoms with Crippen molar-refractivity contribution in [2.24, 2.45) is 0 Å². The molecule has 3 aromatic heterocycles. The molecule has 4 bridgehead atoms. The molecule has 8 heterocycles. The molecule has 6 aromatic rings. The number of aromatic nitrogens is 4. The van der Waals surface area contributed by atoms with Gasteiger partial charge in [-0.3, -0.25) is 4.90 Å². The maximum atomic E-state index is 14.4. The lowest BCUT2D eigenvalue weighted by molar-refractivity contribution is -0.145. The Kier molecular flexibility index (Phi) is 13.5. The molecule has 368 valence electrons. The first-order valence-electron chi connectivity index (χ1n) is 23.1. The van der Waals surface area contributed by atoms with Gasteiger partial charge in [0.2, 0.25) is 17.9 Å². The van der Waals surface area contributed by atoms with Crippen molar-refractivity contribution in [3.05, 3.63) is 99.3 Å². The Bertz CT molecular complexity index is 2910. The largest absolute Gasteiger partial charge is 0.490 e. The third-order valence-electron chi connectivity index (χ3n) is 13.6. The molecule has 0 aliphatic carbocycles. The van der Waals surface area contributed by atoms with Crippen molar-refractivity contribution < 1.29 is 46.8 Å². The molecule has 1 spiro atoms. The number of piperidine rings is 1. The number of hydrogen-bond acceptors (Lipinski definition) is 14. The van der Waals surface area contributed by atoms with E-state index in [0.29, 0.717) is 110 Å². The lowest BCUT2D eigenvalue weighted by Crippen LogP contribution is -2.49. The minimum atomic E-state index is -2.83. The number of alkyl halides is 2. The van der Waals surface area contributed by atoms with Gasteiger partial charge in [0.25, 0.3) is 5.92 Å². The van der Waals surface area contributed by atoms with Crippen LogP contribution in [0, 0.1) is 19.7 Å². The van der Waals surface area contributed by atoms with Gasteiger partial charge in [0, 0.05) is 80.9 Å². The van der Waals surface area contributed by atoms with Crippen molar-refractivity contribution in [2.75, 3.05) is 71.0 Å². The number of rotatable bonds is 8. The van der Waals surface area contributed by atoms with E-state index in [1.165, 1.54) is 29.8 Å². The summed E-state index contributed by atoms with van der Waals surface area (Å²) in [4.78, 5) is 39.5. The molecule has 14 nitrogen and oxygen atoms in total. The van der Waals surface area contributed by atoms with Crippen LogP contribution in [0.4, 0.5) is 19.1 Å². The van der Waals surface area contributed by atoms with Gasteiger partial charge in [0.1, 0.15) is 54.4 Å². The summed E-state index contributed by atoms with van der Waals surface area (Å²) in [6.07, 6.45) is 1.25. The number of thiophene rings is 1. The van der Waals surface area contributed by atoms with Crippen LogP contribution in [0.25, 0.3) is 31.8 Å². The fraction of sp³-hybridized carbons (Fsp3) is 0.420. The zero-order valence-electron chi connectivity index (χ0n) is 38.7. The van der Waals surface area contributed by atoms with E-state index in [2.05, 4.69) is 31.8 Å². The number of ether oxygens (including phenoxy) is 5. The van der Waals surface area contributed by atoms with Crippen molar-refractivity contribution in [1.29, 1.82) is 0 Å². The van der Waals surface area contributed by atoms with Gasteiger partial charge in [0.05, 0.1) is 26.7 Å². The molecule has 0 amide bonds. The minimum Gasteiger partial charge on any atom is -0.490 e. The van der Waals surface area contributed by atoms with Gasteiger partial charge in [-0.1, -0.05) is 35.3 Å². The summed E-state index contributed by atoms with van der Waals surface area (Å²) < 4.78 is 74.4. The van der Waals surface area contributed by atoms with Gasteiger partial charge >= 0.3 is 5.97 Å². The summed E-state index contributed by atoms with van der Waals surface area (Å²) in [5.74, 6) is -2.99.